The third-order valence-corrected chi connectivity index (χ3v) is 8.83. The zero-order chi connectivity index (χ0) is 25.2. The first-order valence-electron chi connectivity index (χ1n) is 13.6. The molecule has 3 saturated heterocycles. The van der Waals surface area contributed by atoms with Crippen molar-refractivity contribution in [3.05, 3.63) is 35.4 Å². The van der Waals surface area contributed by atoms with Gasteiger partial charge in [0.15, 0.2) is 5.78 Å². The molecule has 8 heteroatoms. The van der Waals surface area contributed by atoms with Crippen LogP contribution in [0, 0.1) is 5.92 Å². The number of likely N-dealkylation sites (tertiary alicyclic amines) is 2. The Labute approximate surface area is 213 Å². The van der Waals surface area contributed by atoms with E-state index < -0.39 is 18.2 Å². The third-order valence-electron chi connectivity index (χ3n) is 8.83. The number of amides is 2. The number of piperidine rings is 1. The molecule has 0 unspecified atom stereocenters. The Bertz CT molecular complexity index is 952. The average molecular weight is 498 g/mol. The van der Waals surface area contributed by atoms with Gasteiger partial charge in [-0.3, -0.25) is 14.4 Å². The van der Waals surface area contributed by atoms with Gasteiger partial charge < -0.3 is 24.6 Å². The van der Waals surface area contributed by atoms with Crippen molar-refractivity contribution in [1.82, 2.24) is 15.1 Å². The molecule has 1 aromatic rings. The molecule has 36 heavy (non-hydrogen) atoms. The van der Waals surface area contributed by atoms with E-state index in [-0.39, 0.29) is 36.2 Å². The summed E-state index contributed by atoms with van der Waals surface area (Å²) in [5.41, 5.74) is 1.84. The minimum absolute atomic E-state index is 0.00322. The molecule has 1 aromatic carbocycles. The Morgan fingerprint density at radius 1 is 1.11 bits per heavy atom. The summed E-state index contributed by atoms with van der Waals surface area (Å²) in [5.74, 6) is 0.0797. The summed E-state index contributed by atoms with van der Waals surface area (Å²) in [7, 11) is 1.58. The highest BCUT2D eigenvalue weighted by atomic mass is 16.5. The normalized spacial score (nSPS) is 28.4. The second-order valence-electron chi connectivity index (χ2n) is 10.8. The van der Waals surface area contributed by atoms with Gasteiger partial charge in [-0.15, -0.1) is 0 Å². The van der Waals surface area contributed by atoms with Crippen molar-refractivity contribution >= 4 is 17.6 Å². The van der Waals surface area contributed by atoms with Crippen LogP contribution in [0.1, 0.15) is 67.3 Å². The maximum atomic E-state index is 13.8. The van der Waals surface area contributed by atoms with Gasteiger partial charge >= 0.3 is 0 Å². The summed E-state index contributed by atoms with van der Waals surface area (Å²) >= 11 is 0. The van der Waals surface area contributed by atoms with Crippen LogP contribution in [0.15, 0.2) is 24.3 Å². The number of ketones is 1. The Morgan fingerprint density at radius 3 is 2.44 bits per heavy atom. The largest absolute Gasteiger partial charge is 0.377 e. The summed E-state index contributed by atoms with van der Waals surface area (Å²) in [5, 5.41) is 3.06. The fourth-order valence-corrected chi connectivity index (χ4v) is 6.61. The van der Waals surface area contributed by atoms with Crippen LogP contribution in [0.5, 0.6) is 0 Å². The number of carbonyl (C=O) groups is 3. The molecule has 3 heterocycles. The summed E-state index contributed by atoms with van der Waals surface area (Å²) in [4.78, 5) is 43.7. The summed E-state index contributed by atoms with van der Waals surface area (Å²) in [6.07, 6.45) is 5.40. The monoisotopic (exact) mass is 497 g/mol. The van der Waals surface area contributed by atoms with Crippen molar-refractivity contribution in [2.24, 2.45) is 5.92 Å². The number of methoxy groups -OCH3 is 1. The van der Waals surface area contributed by atoms with Crippen LogP contribution < -0.4 is 5.32 Å². The van der Waals surface area contributed by atoms with Crippen LogP contribution in [0.25, 0.3) is 0 Å². The first kappa shape index (κ1) is 25.4. The molecule has 0 bridgehead atoms. The molecule has 1 aliphatic carbocycles. The van der Waals surface area contributed by atoms with Crippen molar-refractivity contribution in [3.8, 4) is 0 Å². The van der Waals surface area contributed by atoms with Gasteiger partial charge in [-0.25, -0.2) is 0 Å². The zero-order valence-electron chi connectivity index (χ0n) is 21.5. The number of benzene rings is 1. The molecule has 5 rings (SSSR count). The van der Waals surface area contributed by atoms with Crippen LogP contribution >= 0.6 is 0 Å². The number of ether oxygens (including phenoxy) is 2. The topological polar surface area (TPSA) is 88.2 Å². The lowest BCUT2D eigenvalue weighted by molar-refractivity contribution is -0.139. The number of nitrogens with one attached hydrogen (secondary N) is 1. The lowest BCUT2D eigenvalue weighted by Crippen LogP contribution is -2.54. The van der Waals surface area contributed by atoms with E-state index >= 15 is 0 Å². The Hall–Kier alpha value is -2.29. The molecule has 1 saturated carbocycles. The second kappa shape index (κ2) is 11.0. The molecular formula is C28H39N3O5. The predicted molar refractivity (Wildman–Crippen MR) is 135 cm³/mol. The van der Waals surface area contributed by atoms with Gasteiger partial charge in [-0.1, -0.05) is 31.9 Å². The van der Waals surface area contributed by atoms with Crippen molar-refractivity contribution in [1.29, 1.82) is 0 Å². The van der Waals surface area contributed by atoms with E-state index in [0.29, 0.717) is 18.0 Å². The highest BCUT2D eigenvalue weighted by Gasteiger charge is 2.54. The van der Waals surface area contributed by atoms with E-state index in [1.54, 1.807) is 12.0 Å². The molecule has 0 spiro atoms. The SMILES string of the molecule is CCN1CCC(c2ccc(C(=O)N[C@H](C(=O)N3C[C@H](OC)[C@H]4OCC(=O)[C@H]43)C3CCCC3)cc2)CC1. The van der Waals surface area contributed by atoms with E-state index in [2.05, 4.69) is 29.3 Å². The Balaban J connectivity index is 1.29. The predicted octanol–water partition coefficient (Wildman–Crippen LogP) is 2.37. The molecule has 3 aliphatic heterocycles. The molecule has 4 atom stereocenters. The van der Waals surface area contributed by atoms with Crippen molar-refractivity contribution < 1.29 is 23.9 Å². The molecule has 4 fully saturated rings. The van der Waals surface area contributed by atoms with Gasteiger partial charge in [0.25, 0.3) is 5.91 Å². The lowest BCUT2D eigenvalue weighted by atomic mass is 9.89. The van der Waals surface area contributed by atoms with Crippen molar-refractivity contribution in [2.45, 2.75) is 75.7 Å². The average Bonchev–Trinajstić information content (AvgIpc) is 3.66. The van der Waals surface area contributed by atoms with E-state index in [4.69, 9.17) is 9.47 Å². The number of Topliss-reactive ketones (excluding diaryl/α,β-unsaturated/α-hetero) is 1. The van der Waals surface area contributed by atoms with Crippen LogP contribution in [-0.2, 0) is 19.1 Å². The maximum absolute atomic E-state index is 13.8. The fraction of sp³-hybridized carbons (Fsp3) is 0.679. The van der Waals surface area contributed by atoms with Crippen molar-refractivity contribution in [3.63, 3.8) is 0 Å². The van der Waals surface area contributed by atoms with Gasteiger partial charge in [0.05, 0.1) is 6.54 Å². The molecule has 8 nitrogen and oxygen atoms in total. The standard InChI is InChI=1S/C28H39N3O5/c1-3-30-14-12-19(13-15-30)18-8-10-21(11-9-18)27(33)29-24(20-6-4-5-7-20)28(34)31-16-23(35-2)26-25(31)22(32)17-36-26/h8-11,19-20,23-26H,3-7,12-17H2,1-2H3,(H,29,33)/t23-,24-,25+,26+/m0/s1. The number of carbonyl (C=O) groups excluding carboxylic acids is 3. The smallest absolute Gasteiger partial charge is 0.251 e. The molecule has 0 radical (unpaired) electrons. The maximum Gasteiger partial charge on any atom is 0.251 e. The van der Waals surface area contributed by atoms with Gasteiger partial charge in [0.2, 0.25) is 5.91 Å². The van der Waals surface area contributed by atoms with E-state index in [1.165, 1.54) is 5.56 Å². The van der Waals surface area contributed by atoms with Gasteiger partial charge in [0, 0.05) is 12.7 Å². The highest BCUT2D eigenvalue weighted by molar-refractivity contribution is 5.99. The second-order valence-corrected chi connectivity index (χ2v) is 10.8. The first-order chi connectivity index (χ1) is 17.5. The van der Waals surface area contributed by atoms with E-state index in [0.717, 1.165) is 58.2 Å². The third kappa shape index (κ3) is 4.95. The van der Waals surface area contributed by atoms with E-state index in [1.807, 2.05) is 12.1 Å². The minimum Gasteiger partial charge on any atom is -0.377 e. The molecule has 2 amide bonds. The number of fused-ring (bicyclic) bond motifs is 1. The number of nitrogens with zero attached hydrogens (tertiary/aromatic N) is 2. The quantitative estimate of drug-likeness (QED) is 0.622. The minimum atomic E-state index is -0.650. The number of hydrogen-bond donors (Lipinski definition) is 1. The first-order valence-corrected chi connectivity index (χ1v) is 13.6. The van der Waals surface area contributed by atoms with Crippen LogP contribution in [-0.4, -0.2) is 91.6 Å². The van der Waals surface area contributed by atoms with Gasteiger partial charge in [-0.05, 0) is 74.8 Å². The fourth-order valence-electron chi connectivity index (χ4n) is 6.61. The van der Waals surface area contributed by atoms with Gasteiger partial charge in [-0.2, -0.15) is 0 Å². The van der Waals surface area contributed by atoms with Crippen LogP contribution in [0.3, 0.4) is 0 Å². The molecular weight excluding hydrogens is 458 g/mol. The van der Waals surface area contributed by atoms with Gasteiger partial charge in [0.1, 0.15) is 30.9 Å². The van der Waals surface area contributed by atoms with Crippen LogP contribution in [0.2, 0.25) is 0 Å². The Kier molecular flexibility index (Phi) is 7.74. The molecule has 0 aromatic heterocycles. The molecule has 4 aliphatic rings. The van der Waals surface area contributed by atoms with Crippen LogP contribution in [0.4, 0.5) is 0 Å². The molecule has 1 N–H and O–H groups in total. The molecule has 196 valence electrons. The number of rotatable bonds is 7. The highest BCUT2D eigenvalue weighted by Crippen LogP contribution is 2.34. The number of hydrogen-bond acceptors (Lipinski definition) is 6. The summed E-state index contributed by atoms with van der Waals surface area (Å²) in [6.45, 7) is 5.84. The zero-order valence-corrected chi connectivity index (χ0v) is 21.5. The summed E-state index contributed by atoms with van der Waals surface area (Å²) < 4.78 is 11.2. The Morgan fingerprint density at radius 2 is 1.81 bits per heavy atom. The van der Waals surface area contributed by atoms with E-state index in [9.17, 15) is 14.4 Å². The van der Waals surface area contributed by atoms with Crippen molar-refractivity contribution in [2.75, 3.05) is 39.9 Å². The summed E-state index contributed by atoms with van der Waals surface area (Å²) in [6, 6.07) is 6.62. The lowest BCUT2D eigenvalue weighted by Gasteiger charge is -2.31.